The van der Waals surface area contributed by atoms with Gasteiger partial charge in [-0.2, -0.15) is 0 Å². The van der Waals surface area contributed by atoms with E-state index in [0.717, 1.165) is 12.8 Å². The van der Waals surface area contributed by atoms with Crippen LogP contribution in [0, 0.1) is 0 Å². The molecule has 1 saturated heterocycles. The third-order valence-corrected chi connectivity index (χ3v) is 3.21. The molecule has 0 aromatic carbocycles. The van der Waals surface area contributed by atoms with Crippen molar-refractivity contribution < 1.29 is 9.53 Å². The molecule has 0 bridgehead atoms. The van der Waals surface area contributed by atoms with E-state index in [1.54, 1.807) is 23.2 Å². The van der Waals surface area contributed by atoms with Gasteiger partial charge in [-0.1, -0.05) is 0 Å². The summed E-state index contributed by atoms with van der Waals surface area (Å²) >= 11 is 0. The highest BCUT2D eigenvalue weighted by Gasteiger charge is 2.23. The third-order valence-electron chi connectivity index (χ3n) is 3.21. The van der Waals surface area contributed by atoms with Gasteiger partial charge in [0.15, 0.2) is 0 Å². The minimum absolute atomic E-state index is 0.0644. The molecule has 1 aliphatic rings. The maximum Gasteiger partial charge on any atom is 0.272 e. The van der Waals surface area contributed by atoms with Gasteiger partial charge in [0.1, 0.15) is 5.69 Å². The zero-order chi connectivity index (χ0) is 13.0. The lowest BCUT2D eigenvalue weighted by Gasteiger charge is -2.31. The number of nitrogens with one attached hydrogen (secondary N) is 1. The first-order valence-corrected chi connectivity index (χ1v) is 6.00. The first-order chi connectivity index (χ1) is 8.72. The van der Waals surface area contributed by atoms with Gasteiger partial charge >= 0.3 is 0 Å². The molecule has 1 fully saturated rings. The molecule has 0 atom stereocenters. The Hall–Kier alpha value is -1.66. The number of nitrogens with two attached hydrogens (primary N) is 1. The third kappa shape index (κ3) is 2.77. The van der Waals surface area contributed by atoms with Crippen LogP contribution in [-0.2, 0) is 4.74 Å². The number of anilines is 1. The van der Waals surface area contributed by atoms with Gasteiger partial charge < -0.3 is 15.1 Å². The summed E-state index contributed by atoms with van der Waals surface area (Å²) in [7, 11) is 1.81. The summed E-state index contributed by atoms with van der Waals surface area (Å²) in [6.45, 7) is 1.43. The number of hydrogen-bond acceptors (Lipinski definition) is 5. The van der Waals surface area contributed by atoms with Gasteiger partial charge in [0, 0.05) is 26.3 Å². The van der Waals surface area contributed by atoms with E-state index in [1.165, 1.54) is 0 Å². The molecule has 2 rings (SSSR count). The molecule has 18 heavy (non-hydrogen) atoms. The highest BCUT2D eigenvalue weighted by atomic mass is 16.5. The maximum absolute atomic E-state index is 12.2. The van der Waals surface area contributed by atoms with E-state index in [-0.39, 0.29) is 11.9 Å². The summed E-state index contributed by atoms with van der Waals surface area (Å²) in [5.41, 5.74) is 3.60. The van der Waals surface area contributed by atoms with Gasteiger partial charge in [-0.25, -0.2) is 4.98 Å². The predicted octanol–water partition coefficient (Wildman–Crippen LogP) is 0.618. The smallest absolute Gasteiger partial charge is 0.272 e. The summed E-state index contributed by atoms with van der Waals surface area (Å²) in [6.07, 6.45) is 3.31. The van der Waals surface area contributed by atoms with E-state index in [2.05, 4.69) is 10.4 Å². The number of nitrogens with zero attached hydrogens (tertiary/aromatic N) is 2. The Morgan fingerprint density at radius 3 is 2.78 bits per heavy atom. The predicted molar refractivity (Wildman–Crippen MR) is 68.0 cm³/mol. The fraction of sp³-hybridized carbons (Fsp3) is 0.500. The van der Waals surface area contributed by atoms with E-state index < -0.39 is 0 Å². The number of ether oxygens (including phenoxy) is 1. The van der Waals surface area contributed by atoms with Crippen molar-refractivity contribution in [2.24, 2.45) is 5.84 Å². The number of aromatic nitrogens is 1. The lowest BCUT2D eigenvalue weighted by molar-refractivity contribution is 0.0359. The normalized spacial score (nSPS) is 16.3. The van der Waals surface area contributed by atoms with Crippen molar-refractivity contribution in [3.8, 4) is 0 Å². The van der Waals surface area contributed by atoms with E-state index in [0.29, 0.717) is 24.6 Å². The van der Waals surface area contributed by atoms with Crippen molar-refractivity contribution in [1.82, 2.24) is 9.88 Å². The first-order valence-electron chi connectivity index (χ1n) is 6.00. The van der Waals surface area contributed by atoms with E-state index in [9.17, 15) is 4.79 Å². The first kappa shape index (κ1) is 12.8. The van der Waals surface area contributed by atoms with Gasteiger partial charge in [-0.3, -0.25) is 10.6 Å². The fourth-order valence-corrected chi connectivity index (χ4v) is 2.02. The SMILES string of the molecule is CN(C(=O)c1ccc(NN)cn1)C1CCOCC1. The molecular weight excluding hydrogens is 232 g/mol. The van der Waals surface area contributed by atoms with E-state index in [4.69, 9.17) is 10.6 Å². The Kier molecular flexibility index (Phi) is 4.11. The number of carbonyl (C=O) groups is 1. The Morgan fingerprint density at radius 2 is 2.22 bits per heavy atom. The zero-order valence-corrected chi connectivity index (χ0v) is 10.4. The van der Waals surface area contributed by atoms with Crippen LogP contribution in [0.25, 0.3) is 0 Å². The second-order valence-electron chi connectivity index (χ2n) is 4.34. The average molecular weight is 250 g/mol. The average Bonchev–Trinajstić information content (AvgIpc) is 2.47. The Labute approximate surface area is 106 Å². The number of nitrogen functional groups attached to an aromatic ring is 1. The quantitative estimate of drug-likeness (QED) is 0.607. The molecule has 6 heteroatoms. The molecular formula is C12H18N4O2. The fourth-order valence-electron chi connectivity index (χ4n) is 2.02. The van der Waals surface area contributed by atoms with Crippen LogP contribution in [0.1, 0.15) is 23.3 Å². The van der Waals surface area contributed by atoms with Gasteiger partial charge in [-0.15, -0.1) is 0 Å². The van der Waals surface area contributed by atoms with Crippen molar-refractivity contribution in [2.75, 3.05) is 25.7 Å². The van der Waals surface area contributed by atoms with Crippen molar-refractivity contribution in [2.45, 2.75) is 18.9 Å². The van der Waals surface area contributed by atoms with Crippen LogP contribution in [-0.4, -0.2) is 42.1 Å². The second kappa shape index (κ2) is 5.79. The van der Waals surface area contributed by atoms with Gasteiger partial charge in [-0.05, 0) is 25.0 Å². The van der Waals surface area contributed by atoms with Crippen LogP contribution >= 0.6 is 0 Å². The molecule has 1 aromatic rings. The molecule has 0 spiro atoms. The molecule has 0 radical (unpaired) electrons. The number of hydrazine groups is 1. The van der Waals surface area contributed by atoms with Crippen molar-refractivity contribution in [3.05, 3.63) is 24.0 Å². The van der Waals surface area contributed by atoms with Gasteiger partial charge in [0.2, 0.25) is 0 Å². The van der Waals surface area contributed by atoms with E-state index in [1.807, 2.05) is 7.05 Å². The van der Waals surface area contributed by atoms with Crippen LogP contribution in [0.5, 0.6) is 0 Å². The molecule has 0 unspecified atom stereocenters. The monoisotopic (exact) mass is 250 g/mol. The number of hydrogen-bond donors (Lipinski definition) is 2. The van der Waals surface area contributed by atoms with Crippen LogP contribution in [0.2, 0.25) is 0 Å². The van der Waals surface area contributed by atoms with Crippen LogP contribution < -0.4 is 11.3 Å². The van der Waals surface area contributed by atoms with Crippen LogP contribution in [0.15, 0.2) is 18.3 Å². The summed E-state index contributed by atoms with van der Waals surface area (Å²) in [5, 5.41) is 0. The highest BCUT2D eigenvalue weighted by molar-refractivity contribution is 5.92. The molecule has 1 aliphatic heterocycles. The van der Waals surface area contributed by atoms with Gasteiger partial charge in [0.05, 0.1) is 11.9 Å². The molecule has 98 valence electrons. The summed E-state index contributed by atoms with van der Waals surface area (Å²) in [4.78, 5) is 18.1. The van der Waals surface area contributed by atoms with Crippen molar-refractivity contribution in [1.29, 1.82) is 0 Å². The Bertz CT molecular complexity index is 401. The van der Waals surface area contributed by atoms with Crippen LogP contribution in [0.4, 0.5) is 5.69 Å². The van der Waals surface area contributed by atoms with Crippen molar-refractivity contribution >= 4 is 11.6 Å². The Morgan fingerprint density at radius 1 is 1.50 bits per heavy atom. The lowest BCUT2D eigenvalue weighted by Crippen LogP contribution is -2.40. The summed E-state index contributed by atoms with van der Waals surface area (Å²) in [5.74, 6) is 5.19. The molecule has 2 heterocycles. The number of pyridine rings is 1. The van der Waals surface area contributed by atoms with Crippen molar-refractivity contribution in [3.63, 3.8) is 0 Å². The van der Waals surface area contributed by atoms with Gasteiger partial charge in [0.25, 0.3) is 5.91 Å². The van der Waals surface area contributed by atoms with Crippen LogP contribution in [0.3, 0.4) is 0 Å². The molecule has 1 aromatic heterocycles. The minimum atomic E-state index is -0.0644. The second-order valence-corrected chi connectivity index (χ2v) is 4.34. The topological polar surface area (TPSA) is 80.5 Å². The lowest BCUT2D eigenvalue weighted by atomic mass is 10.1. The summed E-state index contributed by atoms with van der Waals surface area (Å²) in [6, 6.07) is 3.64. The highest BCUT2D eigenvalue weighted by Crippen LogP contribution is 2.15. The molecule has 0 saturated carbocycles. The Balaban J connectivity index is 2.04. The number of amides is 1. The number of rotatable bonds is 3. The molecule has 6 nitrogen and oxygen atoms in total. The molecule has 1 amide bonds. The molecule has 3 N–H and O–H groups in total. The van der Waals surface area contributed by atoms with E-state index >= 15 is 0 Å². The minimum Gasteiger partial charge on any atom is -0.381 e. The number of carbonyl (C=O) groups excluding carboxylic acids is 1. The zero-order valence-electron chi connectivity index (χ0n) is 10.4. The largest absolute Gasteiger partial charge is 0.381 e. The standard InChI is InChI=1S/C12H18N4O2/c1-16(10-4-6-18-7-5-10)12(17)11-3-2-9(15-13)8-14-11/h2-3,8,10,15H,4-7,13H2,1H3. The maximum atomic E-state index is 12.2. The summed E-state index contributed by atoms with van der Waals surface area (Å²) < 4.78 is 5.29. The molecule has 0 aliphatic carbocycles.